The summed E-state index contributed by atoms with van der Waals surface area (Å²) in [5.41, 5.74) is 13.7. The Labute approximate surface area is 304 Å². The van der Waals surface area contributed by atoms with Gasteiger partial charge in [-0.15, -0.1) is 0 Å². The standard InChI is InChI=1S/C49H30N4/c1-6-16-43-35(11-1)36-12-2-7-17-44(36)51(43)33-24-21-31(22-25-33)32-23-27-40-41(29-32)39-28-26-34(30-48(39)53-47-20-10-5-15-42(47)50-49(40)53)52-45-18-8-3-13-37(45)38-14-4-9-19-46(38)52/h1-30H. The zero-order valence-electron chi connectivity index (χ0n) is 28.6. The molecule has 0 saturated heterocycles. The fourth-order valence-electron chi connectivity index (χ4n) is 8.87. The molecular weight excluding hydrogens is 645 g/mol. The molecule has 4 heterocycles. The monoisotopic (exact) mass is 674 g/mol. The molecule has 0 amide bonds. The normalized spacial score (nSPS) is 12.2. The van der Waals surface area contributed by atoms with Gasteiger partial charge in [-0.2, -0.15) is 0 Å². The SMILES string of the molecule is c1ccc2c(c1)nc1c3ccc(-c4ccc(-n5c6ccccc6c6ccccc65)cc4)cc3c3ccc(-n4c5ccccc5c5ccccc54)cc3n21. The van der Waals surface area contributed by atoms with Crippen LogP contribution in [0.15, 0.2) is 182 Å². The largest absolute Gasteiger partial charge is 0.309 e. The number of para-hydroxylation sites is 6. The number of benzene rings is 8. The minimum Gasteiger partial charge on any atom is -0.309 e. The first kappa shape index (κ1) is 28.5. The topological polar surface area (TPSA) is 27.2 Å². The van der Waals surface area contributed by atoms with Gasteiger partial charge in [0.1, 0.15) is 5.65 Å². The maximum absolute atomic E-state index is 5.23. The van der Waals surface area contributed by atoms with Gasteiger partial charge in [0.05, 0.1) is 38.6 Å². The lowest BCUT2D eigenvalue weighted by Crippen LogP contribution is -1.97. The third kappa shape index (κ3) is 3.98. The highest BCUT2D eigenvalue weighted by molar-refractivity contribution is 6.16. The second-order valence-electron chi connectivity index (χ2n) is 14.0. The Morgan fingerprint density at radius 3 is 1.36 bits per heavy atom. The molecule has 53 heavy (non-hydrogen) atoms. The van der Waals surface area contributed by atoms with Crippen LogP contribution in [0.1, 0.15) is 0 Å². The van der Waals surface area contributed by atoms with Crippen molar-refractivity contribution in [1.29, 1.82) is 0 Å². The van der Waals surface area contributed by atoms with E-state index in [0.717, 1.165) is 39.0 Å². The number of aromatic nitrogens is 4. The van der Waals surface area contributed by atoms with E-state index in [1.807, 2.05) is 0 Å². The van der Waals surface area contributed by atoms with E-state index in [9.17, 15) is 0 Å². The molecule has 0 fully saturated rings. The van der Waals surface area contributed by atoms with E-state index in [1.54, 1.807) is 0 Å². The Morgan fingerprint density at radius 2 is 0.755 bits per heavy atom. The Balaban J connectivity index is 1.08. The van der Waals surface area contributed by atoms with Gasteiger partial charge in [-0.1, -0.05) is 109 Å². The summed E-state index contributed by atoms with van der Waals surface area (Å²) in [6.45, 7) is 0. The van der Waals surface area contributed by atoms with Gasteiger partial charge in [-0.25, -0.2) is 4.98 Å². The third-order valence-corrected chi connectivity index (χ3v) is 11.2. The molecule has 4 nitrogen and oxygen atoms in total. The van der Waals surface area contributed by atoms with Crippen molar-refractivity contribution < 1.29 is 0 Å². The molecule has 0 aliphatic carbocycles. The quantitative estimate of drug-likeness (QED) is 0.171. The summed E-state index contributed by atoms with van der Waals surface area (Å²) >= 11 is 0. The molecule has 0 unspecified atom stereocenters. The smallest absolute Gasteiger partial charge is 0.146 e. The molecule has 0 aliphatic heterocycles. The number of rotatable bonds is 3. The molecule has 4 heteroatoms. The highest BCUT2D eigenvalue weighted by atomic mass is 15.0. The van der Waals surface area contributed by atoms with Crippen LogP contribution in [0.4, 0.5) is 0 Å². The summed E-state index contributed by atoms with van der Waals surface area (Å²) in [6, 6.07) is 66.0. The second-order valence-corrected chi connectivity index (χ2v) is 14.0. The minimum absolute atomic E-state index is 0.973. The molecule has 0 atom stereocenters. The van der Waals surface area contributed by atoms with Crippen LogP contribution >= 0.6 is 0 Å². The molecule has 0 N–H and O–H groups in total. The lowest BCUT2D eigenvalue weighted by molar-refractivity contribution is 1.18. The number of hydrogen-bond acceptors (Lipinski definition) is 1. The van der Waals surface area contributed by atoms with E-state index >= 15 is 0 Å². The van der Waals surface area contributed by atoms with Crippen molar-refractivity contribution in [2.45, 2.75) is 0 Å². The van der Waals surface area contributed by atoms with Crippen LogP contribution in [-0.2, 0) is 0 Å². The molecule has 12 aromatic rings. The molecule has 4 aromatic heterocycles. The van der Waals surface area contributed by atoms with E-state index in [0.29, 0.717) is 0 Å². The van der Waals surface area contributed by atoms with Crippen molar-refractivity contribution in [1.82, 2.24) is 18.5 Å². The molecular formula is C49H30N4. The molecule has 8 aromatic carbocycles. The van der Waals surface area contributed by atoms with Crippen LogP contribution in [0, 0.1) is 0 Å². The summed E-state index contributed by atoms with van der Waals surface area (Å²) in [7, 11) is 0. The lowest BCUT2D eigenvalue weighted by Gasteiger charge is -2.14. The van der Waals surface area contributed by atoms with Crippen LogP contribution in [-0.4, -0.2) is 18.5 Å². The number of pyridine rings is 1. The van der Waals surface area contributed by atoms with Gasteiger partial charge < -0.3 is 9.13 Å². The molecule has 0 bridgehead atoms. The molecule has 0 saturated carbocycles. The Morgan fingerprint density at radius 1 is 0.302 bits per heavy atom. The number of nitrogens with zero attached hydrogens (tertiary/aromatic N) is 4. The molecule has 246 valence electrons. The van der Waals surface area contributed by atoms with Crippen molar-refractivity contribution in [3.63, 3.8) is 0 Å². The Hall–Kier alpha value is -7.17. The minimum atomic E-state index is 0.973. The highest BCUT2D eigenvalue weighted by Crippen LogP contribution is 2.39. The first-order valence-electron chi connectivity index (χ1n) is 18.1. The lowest BCUT2D eigenvalue weighted by atomic mass is 9.98. The van der Waals surface area contributed by atoms with Crippen LogP contribution in [0.25, 0.3) is 104 Å². The maximum Gasteiger partial charge on any atom is 0.146 e. The van der Waals surface area contributed by atoms with Gasteiger partial charge >= 0.3 is 0 Å². The van der Waals surface area contributed by atoms with Gasteiger partial charge in [0.15, 0.2) is 0 Å². The summed E-state index contributed by atoms with van der Waals surface area (Å²) in [5.74, 6) is 0. The average molecular weight is 675 g/mol. The summed E-state index contributed by atoms with van der Waals surface area (Å²) < 4.78 is 7.12. The summed E-state index contributed by atoms with van der Waals surface area (Å²) in [5, 5.41) is 8.59. The van der Waals surface area contributed by atoms with E-state index in [-0.39, 0.29) is 0 Å². The highest BCUT2D eigenvalue weighted by Gasteiger charge is 2.18. The van der Waals surface area contributed by atoms with E-state index in [1.165, 1.54) is 65.5 Å². The van der Waals surface area contributed by atoms with Gasteiger partial charge in [0.25, 0.3) is 0 Å². The summed E-state index contributed by atoms with van der Waals surface area (Å²) in [6.07, 6.45) is 0. The first-order chi connectivity index (χ1) is 26.3. The van der Waals surface area contributed by atoms with Crippen molar-refractivity contribution in [3.8, 4) is 22.5 Å². The van der Waals surface area contributed by atoms with Crippen LogP contribution in [0.3, 0.4) is 0 Å². The second kappa shape index (κ2) is 10.7. The van der Waals surface area contributed by atoms with Crippen LogP contribution < -0.4 is 0 Å². The zero-order chi connectivity index (χ0) is 34.6. The Bertz CT molecular complexity index is 3340. The number of hydrogen-bond donors (Lipinski definition) is 0. The van der Waals surface area contributed by atoms with Crippen LogP contribution in [0.2, 0.25) is 0 Å². The van der Waals surface area contributed by atoms with Gasteiger partial charge in [0.2, 0.25) is 0 Å². The van der Waals surface area contributed by atoms with E-state index in [2.05, 4.69) is 196 Å². The number of imidazole rings is 1. The van der Waals surface area contributed by atoms with Gasteiger partial charge in [-0.3, -0.25) is 4.40 Å². The number of fused-ring (bicyclic) bond motifs is 14. The van der Waals surface area contributed by atoms with Gasteiger partial charge in [0, 0.05) is 43.7 Å². The van der Waals surface area contributed by atoms with Crippen LogP contribution in [0.5, 0.6) is 0 Å². The fourth-order valence-corrected chi connectivity index (χ4v) is 8.87. The van der Waals surface area contributed by atoms with Crippen molar-refractivity contribution in [2.24, 2.45) is 0 Å². The van der Waals surface area contributed by atoms with Crippen molar-refractivity contribution in [3.05, 3.63) is 182 Å². The zero-order valence-corrected chi connectivity index (χ0v) is 28.6. The summed E-state index contributed by atoms with van der Waals surface area (Å²) in [4.78, 5) is 5.23. The maximum atomic E-state index is 5.23. The predicted molar refractivity (Wildman–Crippen MR) is 222 cm³/mol. The fraction of sp³-hybridized carbons (Fsp3) is 0. The Kier molecular flexibility index (Phi) is 5.74. The molecule has 0 aliphatic rings. The predicted octanol–water partition coefficient (Wildman–Crippen LogP) is 12.7. The van der Waals surface area contributed by atoms with E-state index in [4.69, 9.17) is 4.98 Å². The van der Waals surface area contributed by atoms with Crippen molar-refractivity contribution >= 4 is 82.0 Å². The molecule has 12 rings (SSSR count). The van der Waals surface area contributed by atoms with Crippen molar-refractivity contribution in [2.75, 3.05) is 0 Å². The average Bonchev–Trinajstić information content (AvgIpc) is 3.89. The van der Waals surface area contributed by atoms with E-state index < -0.39 is 0 Å². The molecule has 0 spiro atoms. The van der Waals surface area contributed by atoms with Gasteiger partial charge in [-0.05, 0) is 89.3 Å². The molecule has 0 radical (unpaired) electrons. The first-order valence-corrected chi connectivity index (χ1v) is 18.1. The third-order valence-electron chi connectivity index (χ3n) is 11.2.